The quantitative estimate of drug-likeness (QED) is 0.0620. The fraction of sp³-hybridized carbons (Fsp3) is 0.950. The maximum Gasteiger partial charge on any atom is 0.316 e. The Morgan fingerprint density at radius 2 is 1.48 bits per heavy atom. The maximum atomic E-state index is 12.9. The van der Waals surface area contributed by atoms with Gasteiger partial charge in [-0.15, -0.1) is 0 Å². The Bertz CT molecular complexity index is 1010. The van der Waals surface area contributed by atoms with Crippen molar-refractivity contribution in [3.05, 3.63) is 0 Å². The molecule has 0 saturated heterocycles. The molecule has 6 N–H and O–H groups in total. The first-order valence-electron chi connectivity index (χ1n) is 20.2. The summed E-state index contributed by atoms with van der Waals surface area (Å²) >= 11 is 0. The van der Waals surface area contributed by atoms with Gasteiger partial charge in [0.15, 0.2) is 0 Å². The van der Waals surface area contributed by atoms with Crippen molar-refractivity contribution in [3.63, 3.8) is 0 Å². The number of Topliss-reactive ketones (excluding diaryl/α,β-unsaturated/α-hetero) is 1. The number of rotatable bonds is 20. The molecular formula is C40H74N4O4. The molecule has 4 fully saturated rings. The van der Waals surface area contributed by atoms with Crippen LogP contribution < -0.4 is 21.7 Å². The van der Waals surface area contributed by atoms with Crippen LogP contribution in [-0.4, -0.2) is 74.4 Å². The molecule has 0 aliphatic heterocycles. The van der Waals surface area contributed by atoms with Gasteiger partial charge >= 0.3 is 5.97 Å². The molecule has 0 bridgehead atoms. The first-order valence-corrected chi connectivity index (χ1v) is 20.2. The Morgan fingerprint density at radius 1 is 0.833 bits per heavy atom. The molecule has 8 nitrogen and oxygen atoms in total. The number of carbonyl (C=O) groups is 2. The monoisotopic (exact) mass is 675 g/mol. The average Bonchev–Trinajstić information content (AvgIpc) is 3.41. The lowest BCUT2D eigenvalue weighted by Gasteiger charge is -2.62. The maximum absolute atomic E-state index is 12.9. The number of hydrogen-bond donors (Lipinski definition) is 5. The molecule has 0 aromatic heterocycles. The summed E-state index contributed by atoms with van der Waals surface area (Å²) < 4.78 is 5.30. The Balaban J connectivity index is 1.21. The Labute approximate surface area is 293 Å². The van der Waals surface area contributed by atoms with Gasteiger partial charge in [-0.1, -0.05) is 20.8 Å². The first-order chi connectivity index (χ1) is 22.9. The first kappa shape index (κ1) is 39.7. The normalized spacial score (nSPS) is 35.8. The molecule has 0 aromatic rings. The second kappa shape index (κ2) is 18.4. The predicted octanol–water partition coefficient (Wildman–Crippen LogP) is 5.85. The standard InChI is InChI=1S/C40H74N4O4/c1-27(2)48-38(47)29(4)35(45)14-11-28(3)32-12-13-33-37-34(16-18-40(32,33)6)39(5)17-15-31(25-30(39)26-36(37)46)44-24-10-23-43-21-8-7-20-42-22-9-19-41/h27-34,36-37,42-44,46H,7-26,41H2,1-6H3/t28-,29?,30-,31+,32-,33?,34?,36-,37?,39+,40-/m1/s1. The van der Waals surface area contributed by atoms with Crippen molar-refractivity contribution in [1.29, 1.82) is 0 Å². The van der Waals surface area contributed by atoms with Gasteiger partial charge in [0.25, 0.3) is 0 Å². The van der Waals surface area contributed by atoms with E-state index in [-0.39, 0.29) is 23.4 Å². The minimum Gasteiger partial charge on any atom is -0.462 e. The number of esters is 1. The molecule has 4 rings (SSSR count). The van der Waals surface area contributed by atoms with Gasteiger partial charge in [-0.2, -0.15) is 0 Å². The third-order valence-electron chi connectivity index (χ3n) is 14.0. The molecule has 0 amide bonds. The van der Waals surface area contributed by atoms with E-state index in [1.165, 1.54) is 57.8 Å². The van der Waals surface area contributed by atoms with E-state index in [1.54, 1.807) is 6.92 Å². The van der Waals surface area contributed by atoms with E-state index < -0.39 is 11.9 Å². The van der Waals surface area contributed by atoms with Crippen LogP contribution in [0, 0.1) is 52.3 Å². The van der Waals surface area contributed by atoms with Crippen LogP contribution in [0.2, 0.25) is 0 Å². The molecule has 4 aliphatic rings. The molecule has 4 aliphatic carbocycles. The van der Waals surface area contributed by atoms with Crippen molar-refractivity contribution in [2.75, 3.05) is 39.3 Å². The van der Waals surface area contributed by atoms with E-state index >= 15 is 0 Å². The van der Waals surface area contributed by atoms with Crippen LogP contribution in [0.25, 0.3) is 0 Å². The van der Waals surface area contributed by atoms with Crippen LogP contribution in [0.4, 0.5) is 0 Å². The highest BCUT2D eigenvalue weighted by atomic mass is 16.5. The van der Waals surface area contributed by atoms with Gasteiger partial charge < -0.3 is 31.5 Å². The van der Waals surface area contributed by atoms with E-state index in [0.29, 0.717) is 53.4 Å². The van der Waals surface area contributed by atoms with Crippen molar-refractivity contribution in [1.82, 2.24) is 16.0 Å². The fourth-order valence-electron chi connectivity index (χ4n) is 11.1. The van der Waals surface area contributed by atoms with Crippen LogP contribution in [0.1, 0.15) is 131 Å². The van der Waals surface area contributed by atoms with Gasteiger partial charge in [-0.05, 0) is 190 Å². The number of aliphatic hydroxyl groups is 1. The Morgan fingerprint density at radius 3 is 2.17 bits per heavy atom. The zero-order valence-corrected chi connectivity index (χ0v) is 31.7. The summed E-state index contributed by atoms with van der Waals surface area (Å²) in [4.78, 5) is 25.2. The van der Waals surface area contributed by atoms with E-state index in [1.807, 2.05) is 13.8 Å². The summed E-state index contributed by atoms with van der Waals surface area (Å²) in [6.07, 6.45) is 15.1. The highest BCUT2D eigenvalue weighted by Crippen LogP contribution is 2.68. The highest BCUT2D eigenvalue weighted by Gasteiger charge is 2.62. The number of ketones is 1. The van der Waals surface area contributed by atoms with Gasteiger partial charge in [-0.25, -0.2) is 0 Å². The topological polar surface area (TPSA) is 126 Å². The molecule has 0 heterocycles. The van der Waals surface area contributed by atoms with Crippen molar-refractivity contribution in [2.24, 2.45) is 58.0 Å². The van der Waals surface area contributed by atoms with Crippen molar-refractivity contribution >= 4 is 11.8 Å². The molecular weight excluding hydrogens is 600 g/mol. The lowest BCUT2D eigenvalue weighted by molar-refractivity contribution is -0.167. The molecule has 0 spiro atoms. The van der Waals surface area contributed by atoms with Gasteiger partial charge in [-0.3, -0.25) is 9.59 Å². The number of hydrogen-bond acceptors (Lipinski definition) is 8. The van der Waals surface area contributed by atoms with E-state index in [4.69, 9.17) is 10.5 Å². The summed E-state index contributed by atoms with van der Waals surface area (Å²) in [5.41, 5.74) is 6.10. The van der Waals surface area contributed by atoms with Crippen molar-refractivity contribution in [2.45, 2.75) is 150 Å². The number of fused-ring (bicyclic) bond motifs is 5. The summed E-state index contributed by atoms with van der Waals surface area (Å²) in [6.45, 7) is 18.9. The molecule has 0 aromatic carbocycles. The minimum absolute atomic E-state index is 0.00753. The van der Waals surface area contributed by atoms with Crippen LogP contribution in [-0.2, 0) is 14.3 Å². The van der Waals surface area contributed by atoms with E-state index in [2.05, 4.69) is 36.7 Å². The van der Waals surface area contributed by atoms with Crippen LogP contribution >= 0.6 is 0 Å². The number of aliphatic hydroxyl groups excluding tert-OH is 1. The molecule has 11 atom stereocenters. The van der Waals surface area contributed by atoms with Crippen molar-refractivity contribution in [3.8, 4) is 0 Å². The van der Waals surface area contributed by atoms with Gasteiger partial charge in [0.05, 0.1) is 12.2 Å². The number of unbranched alkanes of at least 4 members (excludes halogenated alkanes) is 1. The predicted molar refractivity (Wildman–Crippen MR) is 195 cm³/mol. The van der Waals surface area contributed by atoms with E-state index in [0.717, 1.165) is 65.0 Å². The van der Waals surface area contributed by atoms with Crippen LogP contribution in [0.15, 0.2) is 0 Å². The van der Waals surface area contributed by atoms with Crippen LogP contribution in [0.5, 0.6) is 0 Å². The lowest BCUT2D eigenvalue weighted by atomic mass is 9.43. The SMILES string of the molecule is CC(C)OC(=O)C(C)C(=O)CC[C@@H](C)[C@H]1CCC2C3C(CC[C@@]21C)[C@@]1(C)CC[C@H](NCCCNCCCCNCCCN)C[C@@H]1C[C@H]3O. The third-order valence-corrected chi connectivity index (χ3v) is 14.0. The summed E-state index contributed by atoms with van der Waals surface area (Å²) in [5.74, 6) is 2.14. The molecule has 4 saturated carbocycles. The summed E-state index contributed by atoms with van der Waals surface area (Å²) in [7, 11) is 0. The largest absolute Gasteiger partial charge is 0.462 e. The Hall–Kier alpha value is -1.06. The molecule has 0 radical (unpaired) electrons. The number of ether oxygens (including phenoxy) is 1. The van der Waals surface area contributed by atoms with E-state index in [9.17, 15) is 14.7 Å². The highest BCUT2D eigenvalue weighted by molar-refractivity contribution is 5.98. The zero-order chi connectivity index (χ0) is 34.9. The number of nitrogens with two attached hydrogens (primary N) is 1. The smallest absolute Gasteiger partial charge is 0.316 e. The van der Waals surface area contributed by atoms with Crippen LogP contribution in [0.3, 0.4) is 0 Å². The summed E-state index contributed by atoms with van der Waals surface area (Å²) in [6, 6.07) is 0.578. The zero-order valence-electron chi connectivity index (χ0n) is 31.7. The summed E-state index contributed by atoms with van der Waals surface area (Å²) in [5, 5.41) is 22.8. The Kier molecular flexibility index (Phi) is 15.3. The average molecular weight is 675 g/mol. The second-order valence-corrected chi connectivity index (χ2v) is 17.3. The van der Waals surface area contributed by atoms with Gasteiger partial charge in [0.1, 0.15) is 11.7 Å². The number of carbonyl (C=O) groups excluding carboxylic acids is 2. The number of nitrogens with one attached hydrogen (secondary N) is 3. The van der Waals surface area contributed by atoms with Crippen molar-refractivity contribution < 1.29 is 19.4 Å². The lowest BCUT2D eigenvalue weighted by Crippen LogP contribution is -2.59. The fourth-order valence-corrected chi connectivity index (χ4v) is 11.1. The minimum atomic E-state index is -0.685. The molecule has 48 heavy (non-hydrogen) atoms. The third kappa shape index (κ3) is 9.63. The van der Waals surface area contributed by atoms with Gasteiger partial charge in [0.2, 0.25) is 0 Å². The second-order valence-electron chi connectivity index (χ2n) is 17.3. The molecule has 4 unspecified atom stereocenters. The molecule has 278 valence electrons. The van der Waals surface area contributed by atoms with Gasteiger partial charge in [0, 0.05) is 12.5 Å². The molecule has 8 heteroatoms.